The lowest BCUT2D eigenvalue weighted by Crippen LogP contribution is -2.06. The number of nitrogens with one attached hydrogen (secondary N) is 2. The maximum absolute atomic E-state index is 4.58. The summed E-state index contributed by atoms with van der Waals surface area (Å²) in [5.41, 5.74) is 5.54. The third-order valence-electron chi connectivity index (χ3n) is 3.78. The smallest absolute Gasteiger partial charge is 0.229 e. The molecule has 0 aliphatic rings. The van der Waals surface area contributed by atoms with Crippen molar-refractivity contribution >= 4 is 33.4 Å². The molecule has 25 heavy (non-hydrogen) atoms. The van der Waals surface area contributed by atoms with E-state index in [4.69, 9.17) is 0 Å². The fourth-order valence-electron chi connectivity index (χ4n) is 2.57. The molecule has 2 aromatic carbocycles. The maximum atomic E-state index is 4.58. The number of benzene rings is 2. The van der Waals surface area contributed by atoms with E-state index in [2.05, 4.69) is 86.8 Å². The quantitative estimate of drug-likeness (QED) is 0.595. The molecule has 0 aliphatic carbocycles. The Morgan fingerprint density at radius 3 is 2.48 bits per heavy atom. The van der Waals surface area contributed by atoms with Gasteiger partial charge in [0.15, 0.2) is 0 Å². The molecule has 1 aromatic heterocycles. The summed E-state index contributed by atoms with van der Waals surface area (Å²) in [7, 11) is 0. The van der Waals surface area contributed by atoms with Crippen LogP contribution in [0.4, 0.5) is 17.5 Å². The largest absolute Gasteiger partial charge is 0.366 e. The van der Waals surface area contributed by atoms with Crippen LogP contribution in [-0.4, -0.2) is 9.97 Å². The molecule has 0 radical (unpaired) electrons. The summed E-state index contributed by atoms with van der Waals surface area (Å²) < 4.78 is 0.992. The SMILES string of the molecule is Cc1cccc(CNc2cc(C)nc(Nc3ccc(C)cc3Br)n2)c1. The van der Waals surface area contributed by atoms with E-state index in [-0.39, 0.29) is 0 Å². The van der Waals surface area contributed by atoms with Gasteiger partial charge in [0.05, 0.1) is 5.69 Å². The summed E-state index contributed by atoms with van der Waals surface area (Å²) in [4.78, 5) is 9.05. The number of hydrogen-bond acceptors (Lipinski definition) is 4. The van der Waals surface area contributed by atoms with E-state index in [1.807, 2.05) is 19.1 Å². The van der Waals surface area contributed by atoms with Crippen molar-refractivity contribution < 1.29 is 0 Å². The standard InChI is InChI=1S/C20H21BrN4/c1-13-5-4-6-16(9-13)12-22-19-11-15(3)23-20(25-19)24-18-8-7-14(2)10-17(18)21/h4-11H,12H2,1-3H3,(H2,22,23,24,25). The van der Waals surface area contributed by atoms with Crippen molar-refractivity contribution in [2.75, 3.05) is 10.6 Å². The highest BCUT2D eigenvalue weighted by atomic mass is 79.9. The van der Waals surface area contributed by atoms with Gasteiger partial charge in [0.1, 0.15) is 5.82 Å². The van der Waals surface area contributed by atoms with E-state index in [0.717, 1.165) is 28.2 Å². The van der Waals surface area contributed by atoms with Crippen molar-refractivity contribution in [1.82, 2.24) is 9.97 Å². The molecule has 0 aliphatic heterocycles. The molecule has 0 atom stereocenters. The fourth-order valence-corrected chi connectivity index (χ4v) is 3.16. The van der Waals surface area contributed by atoms with Gasteiger partial charge >= 0.3 is 0 Å². The van der Waals surface area contributed by atoms with Gasteiger partial charge in [-0.15, -0.1) is 0 Å². The molecular weight excluding hydrogens is 376 g/mol. The minimum Gasteiger partial charge on any atom is -0.366 e. The summed E-state index contributed by atoms with van der Waals surface area (Å²) in [5.74, 6) is 1.39. The highest BCUT2D eigenvalue weighted by Crippen LogP contribution is 2.26. The Labute approximate surface area is 156 Å². The van der Waals surface area contributed by atoms with Crippen LogP contribution >= 0.6 is 15.9 Å². The Morgan fingerprint density at radius 2 is 1.72 bits per heavy atom. The molecule has 128 valence electrons. The molecule has 0 spiro atoms. The predicted molar refractivity (Wildman–Crippen MR) is 107 cm³/mol. The molecular formula is C20H21BrN4. The number of aryl methyl sites for hydroxylation is 3. The zero-order chi connectivity index (χ0) is 17.8. The fraction of sp³-hybridized carbons (Fsp3) is 0.200. The molecule has 3 rings (SSSR count). The van der Waals surface area contributed by atoms with Crippen LogP contribution in [0.2, 0.25) is 0 Å². The van der Waals surface area contributed by atoms with Crippen molar-refractivity contribution in [2.45, 2.75) is 27.3 Å². The molecule has 0 bridgehead atoms. The van der Waals surface area contributed by atoms with Crippen LogP contribution in [0.1, 0.15) is 22.4 Å². The van der Waals surface area contributed by atoms with Gasteiger partial charge in [0.25, 0.3) is 0 Å². The summed E-state index contributed by atoms with van der Waals surface area (Å²) in [5, 5.41) is 6.65. The van der Waals surface area contributed by atoms with Gasteiger partial charge in [-0.25, -0.2) is 4.98 Å². The van der Waals surface area contributed by atoms with Gasteiger partial charge in [0.2, 0.25) is 5.95 Å². The lowest BCUT2D eigenvalue weighted by Gasteiger charge is -2.11. The van der Waals surface area contributed by atoms with Gasteiger partial charge in [0, 0.05) is 22.8 Å². The Balaban J connectivity index is 1.76. The normalized spacial score (nSPS) is 10.6. The molecule has 0 fully saturated rings. The van der Waals surface area contributed by atoms with Gasteiger partial charge in [-0.1, -0.05) is 35.9 Å². The Morgan fingerprint density at radius 1 is 0.920 bits per heavy atom. The molecule has 0 saturated carbocycles. The molecule has 2 N–H and O–H groups in total. The number of halogens is 1. The highest BCUT2D eigenvalue weighted by molar-refractivity contribution is 9.10. The highest BCUT2D eigenvalue weighted by Gasteiger charge is 2.06. The number of hydrogen-bond donors (Lipinski definition) is 2. The number of rotatable bonds is 5. The van der Waals surface area contributed by atoms with Crippen molar-refractivity contribution in [2.24, 2.45) is 0 Å². The van der Waals surface area contributed by atoms with Crippen LogP contribution in [0.15, 0.2) is 53.0 Å². The third-order valence-corrected chi connectivity index (χ3v) is 4.44. The Kier molecular flexibility index (Phi) is 5.34. The van der Waals surface area contributed by atoms with Gasteiger partial charge < -0.3 is 10.6 Å². The van der Waals surface area contributed by atoms with Crippen LogP contribution < -0.4 is 10.6 Å². The Bertz CT molecular complexity index is 893. The van der Waals surface area contributed by atoms with E-state index in [1.54, 1.807) is 0 Å². The van der Waals surface area contributed by atoms with Crippen molar-refractivity contribution in [3.05, 3.63) is 75.4 Å². The second kappa shape index (κ2) is 7.66. The van der Waals surface area contributed by atoms with Crippen LogP contribution in [-0.2, 0) is 6.54 Å². The van der Waals surface area contributed by atoms with E-state index < -0.39 is 0 Å². The maximum Gasteiger partial charge on any atom is 0.229 e. The van der Waals surface area contributed by atoms with E-state index in [0.29, 0.717) is 5.95 Å². The molecule has 0 amide bonds. The predicted octanol–water partition coefficient (Wildman–Crippen LogP) is 5.52. The number of nitrogens with zero attached hydrogens (tertiary/aromatic N) is 2. The first-order chi connectivity index (χ1) is 12.0. The van der Waals surface area contributed by atoms with Crippen LogP contribution in [0.5, 0.6) is 0 Å². The van der Waals surface area contributed by atoms with E-state index in [1.165, 1.54) is 16.7 Å². The first-order valence-corrected chi connectivity index (χ1v) is 8.97. The summed E-state index contributed by atoms with van der Waals surface area (Å²) >= 11 is 3.58. The third kappa shape index (κ3) is 4.79. The van der Waals surface area contributed by atoms with Gasteiger partial charge in [-0.2, -0.15) is 4.98 Å². The van der Waals surface area contributed by atoms with E-state index in [9.17, 15) is 0 Å². The first kappa shape index (κ1) is 17.4. The molecule has 0 saturated heterocycles. The summed E-state index contributed by atoms with van der Waals surface area (Å²) in [6.45, 7) is 6.85. The van der Waals surface area contributed by atoms with Crippen molar-refractivity contribution in [3.8, 4) is 0 Å². The summed E-state index contributed by atoms with van der Waals surface area (Å²) in [6, 6.07) is 16.5. The van der Waals surface area contributed by atoms with Crippen LogP contribution in [0.3, 0.4) is 0 Å². The minimum atomic E-state index is 0.580. The Hall–Kier alpha value is -2.40. The molecule has 1 heterocycles. The van der Waals surface area contributed by atoms with E-state index >= 15 is 0 Å². The second-order valence-corrected chi connectivity index (χ2v) is 7.02. The van der Waals surface area contributed by atoms with Crippen molar-refractivity contribution in [1.29, 1.82) is 0 Å². The second-order valence-electron chi connectivity index (χ2n) is 6.17. The topological polar surface area (TPSA) is 49.8 Å². The van der Waals surface area contributed by atoms with Gasteiger partial charge in [-0.3, -0.25) is 0 Å². The minimum absolute atomic E-state index is 0.580. The number of aromatic nitrogens is 2. The zero-order valence-corrected chi connectivity index (χ0v) is 16.2. The van der Waals surface area contributed by atoms with Crippen molar-refractivity contribution in [3.63, 3.8) is 0 Å². The number of anilines is 3. The lowest BCUT2D eigenvalue weighted by atomic mass is 10.1. The average Bonchev–Trinajstić information content (AvgIpc) is 2.55. The molecule has 0 unspecified atom stereocenters. The zero-order valence-electron chi connectivity index (χ0n) is 14.6. The molecule has 4 nitrogen and oxygen atoms in total. The first-order valence-electron chi connectivity index (χ1n) is 8.18. The molecule has 5 heteroatoms. The monoisotopic (exact) mass is 396 g/mol. The lowest BCUT2D eigenvalue weighted by molar-refractivity contribution is 1.06. The van der Waals surface area contributed by atoms with Crippen LogP contribution in [0, 0.1) is 20.8 Å². The van der Waals surface area contributed by atoms with Gasteiger partial charge in [-0.05, 0) is 60.0 Å². The average molecular weight is 397 g/mol. The molecule has 3 aromatic rings. The van der Waals surface area contributed by atoms with Crippen LogP contribution in [0.25, 0.3) is 0 Å². The summed E-state index contributed by atoms with van der Waals surface area (Å²) in [6.07, 6.45) is 0.